The van der Waals surface area contributed by atoms with Crippen LogP contribution in [0.3, 0.4) is 0 Å². The highest BCUT2D eigenvalue weighted by atomic mass is 35.5. The van der Waals surface area contributed by atoms with Crippen molar-refractivity contribution in [2.45, 2.75) is 23.7 Å². The highest BCUT2D eigenvalue weighted by Crippen LogP contribution is 2.31. The molecule has 1 N–H and O–H groups in total. The first-order chi connectivity index (χ1) is 17.3. The molecule has 1 aliphatic rings. The molecule has 2 amide bonds. The smallest absolute Gasteiger partial charge is 0.420 e. The van der Waals surface area contributed by atoms with Crippen molar-refractivity contribution in [1.82, 2.24) is 4.90 Å². The number of hydrogen-bond acceptors (Lipinski definition) is 5. The first-order valence-corrected chi connectivity index (χ1v) is 12.3. The van der Waals surface area contributed by atoms with Gasteiger partial charge in [0.1, 0.15) is 11.0 Å². The maximum atomic E-state index is 13.1. The Morgan fingerprint density at radius 3 is 2.33 bits per heavy atom. The second-order valence-electron chi connectivity index (χ2n) is 7.88. The molecule has 36 heavy (non-hydrogen) atoms. The Labute approximate surface area is 216 Å². The molecule has 0 aliphatic carbocycles. The van der Waals surface area contributed by atoms with E-state index in [9.17, 15) is 18.4 Å². The molecule has 6 nitrogen and oxygen atoms in total. The number of amides is 2. The number of amidine groups is 1. The van der Waals surface area contributed by atoms with E-state index >= 15 is 0 Å². The minimum atomic E-state index is -3.83. The van der Waals surface area contributed by atoms with Crippen LogP contribution in [0.15, 0.2) is 89.9 Å². The molecule has 0 spiro atoms. The quantitative estimate of drug-likeness (QED) is 0.360. The van der Waals surface area contributed by atoms with Crippen molar-refractivity contribution >= 4 is 51.7 Å². The monoisotopic (exact) mass is 529 g/mol. The molecule has 1 saturated heterocycles. The molecular formula is C26H22ClF2N3O3S. The van der Waals surface area contributed by atoms with E-state index in [1.165, 1.54) is 36.0 Å². The predicted octanol–water partition coefficient (Wildman–Crippen LogP) is 6.06. The van der Waals surface area contributed by atoms with Crippen molar-refractivity contribution in [2.24, 2.45) is 4.99 Å². The molecule has 0 aromatic heterocycles. The highest BCUT2D eigenvalue weighted by Gasteiger charge is 2.36. The van der Waals surface area contributed by atoms with Crippen LogP contribution in [-0.2, 0) is 16.0 Å². The summed E-state index contributed by atoms with van der Waals surface area (Å²) in [4.78, 5) is 32.4. The number of nitrogens with zero attached hydrogens (tertiary/aromatic N) is 2. The average Bonchev–Trinajstić information content (AvgIpc) is 2.85. The van der Waals surface area contributed by atoms with Crippen LogP contribution < -0.4 is 10.1 Å². The van der Waals surface area contributed by atoms with Crippen LogP contribution >= 0.6 is 23.4 Å². The van der Waals surface area contributed by atoms with Crippen LogP contribution in [-0.4, -0.2) is 39.2 Å². The van der Waals surface area contributed by atoms with Crippen molar-refractivity contribution in [2.75, 3.05) is 11.9 Å². The number of carbonyl (C=O) groups excluding carboxylic acids is 2. The van der Waals surface area contributed by atoms with E-state index in [1.807, 2.05) is 60.7 Å². The lowest BCUT2D eigenvalue weighted by Gasteiger charge is -2.32. The summed E-state index contributed by atoms with van der Waals surface area (Å²) in [6.07, 6.45) is 0.645. The molecule has 0 radical (unpaired) electrons. The Balaban J connectivity index is 1.48. The van der Waals surface area contributed by atoms with E-state index in [2.05, 4.69) is 15.0 Å². The van der Waals surface area contributed by atoms with Crippen molar-refractivity contribution < 1.29 is 23.1 Å². The number of benzene rings is 3. The van der Waals surface area contributed by atoms with Gasteiger partial charge in [-0.3, -0.25) is 14.5 Å². The molecule has 0 saturated carbocycles. The average molecular weight is 530 g/mol. The van der Waals surface area contributed by atoms with Crippen LogP contribution in [0, 0.1) is 0 Å². The number of para-hydroxylation sites is 1. The fraction of sp³-hybridized carbons (Fsp3) is 0.192. The number of nitrogens with one attached hydrogen (secondary N) is 1. The number of hydrogen-bond donors (Lipinski definition) is 1. The third-order valence-corrected chi connectivity index (χ3v) is 6.50. The van der Waals surface area contributed by atoms with Gasteiger partial charge in [-0.1, -0.05) is 60.3 Å². The minimum absolute atomic E-state index is 0.00123. The Morgan fingerprint density at radius 2 is 1.69 bits per heavy atom. The Hall–Kier alpha value is -3.43. The van der Waals surface area contributed by atoms with Gasteiger partial charge in [0.2, 0.25) is 11.8 Å². The third kappa shape index (κ3) is 7.29. The van der Waals surface area contributed by atoms with Gasteiger partial charge in [0.05, 0.1) is 5.69 Å². The number of rotatable bonds is 8. The molecule has 3 aromatic rings. The van der Waals surface area contributed by atoms with E-state index in [4.69, 9.17) is 11.6 Å². The lowest BCUT2D eigenvalue weighted by atomic mass is 10.1. The highest BCUT2D eigenvalue weighted by molar-refractivity contribution is 8.15. The van der Waals surface area contributed by atoms with Crippen LogP contribution in [0.25, 0.3) is 0 Å². The third-order valence-electron chi connectivity index (χ3n) is 5.24. The van der Waals surface area contributed by atoms with Crippen molar-refractivity contribution in [3.63, 3.8) is 0 Å². The second kappa shape index (κ2) is 11.5. The fourth-order valence-corrected chi connectivity index (χ4v) is 4.74. The van der Waals surface area contributed by atoms with Gasteiger partial charge in [-0.2, -0.15) is 0 Å². The van der Waals surface area contributed by atoms with Crippen LogP contribution in [0.5, 0.6) is 5.75 Å². The molecule has 4 rings (SSSR count). The largest absolute Gasteiger partial charge is 0.487 e. The molecule has 10 heteroatoms. The van der Waals surface area contributed by atoms with Crippen molar-refractivity contribution in [3.8, 4) is 5.75 Å². The summed E-state index contributed by atoms with van der Waals surface area (Å²) < 4.78 is 29.9. The summed E-state index contributed by atoms with van der Waals surface area (Å²) in [5.74, 6) is -0.748. The molecular weight excluding hydrogens is 508 g/mol. The topological polar surface area (TPSA) is 71.0 Å². The predicted molar refractivity (Wildman–Crippen MR) is 138 cm³/mol. The van der Waals surface area contributed by atoms with Crippen LogP contribution in [0.2, 0.25) is 0 Å². The normalized spacial score (nSPS) is 17.2. The van der Waals surface area contributed by atoms with Gasteiger partial charge in [-0.05, 0) is 48.4 Å². The lowest BCUT2D eigenvalue weighted by Crippen LogP contribution is -2.46. The molecule has 1 heterocycles. The zero-order chi connectivity index (χ0) is 25.5. The maximum absolute atomic E-state index is 13.1. The second-order valence-corrected chi connectivity index (χ2v) is 9.49. The minimum Gasteiger partial charge on any atom is -0.420 e. The van der Waals surface area contributed by atoms with Gasteiger partial charge >= 0.3 is 5.57 Å². The summed E-state index contributed by atoms with van der Waals surface area (Å²) in [5, 5.41) is 2.45. The number of anilines is 1. The van der Waals surface area contributed by atoms with Gasteiger partial charge in [0.15, 0.2) is 5.17 Å². The first-order valence-electron chi connectivity index (χ1n) is 11.1. The summed E-state index contributed by atoms with van der Waals surface area (Å²) >= 11 is 5.99. The molecule has 1 atom stereocenters. The number of halogens is 3. The van der Waals surface area contributed by atoms with E-state index in [0.717, 1.165) is 5.56 Å². The zero-order valence-corrected chi connectivity index (χ0v) is 20.5. The fourth-order valence-electron chi connectivity index (χ4n) is 3.52. The Bertz CT molecular complexity index is 1220. The number of thioether (sulfide) groups is 1. The Kier molecular flexibility index (Phi) is 8.22. The standard InChI is InChI=1S/C26H22ClF2N3O3S/c27-26(28,29)35-21-13-11-20(12-14-21)30-24(34)22-17-23(33)32(16-15-18-7-3-1-4-8-18)25(36-22)31-19-9-5-2-6-10-19/h1-14,22H,15-17H2,(H,30,34)/t22-/m1/s1. The summed E-state index contributed by atoms with van der Waals surface area (Å²) in [5.41, 5.74) is -1.70. The molecule has 0 bridgehead atoms. The van der Waals surface area contributed by atoms with Crippen LogP contribution in [0.4, 0.5) is 20.2 Å². The maximum Gasteiger partial charge on any atom is 0.487 e. The van der Waals surface area contributed by atoms with Gasteiger partial charge in [0, 0.05) is 30.3 Å². The molecule has 1 fully saturated rings. The van der Waals surface area contributed by atoms with Gasteiger partial charge in [0.25, 0.3) is 0 Å². The van der Waals surface area contributed by atoms with Gasteiger partial charge in [-0.25, -0.2) is 4.99 Å². The zero-order valence-electron chi connectivity index (χ0n) is 18.9. The molecule has 0 unspecified atom stereocenters. The molecule has 3 aromatic carbocycles. The van der Waals surface area contributed by atoms with E-state index in [-0.39, 0.29) is 18.1 Å². The lowest BCUT2D eigenvalue weighted by molar-refractivity contribution is -0.129. The summed E-state index contributed by atoms with van der Waals surface area (Å²) in [6, 6.07) is 24.4. The van der Waals surface area contributed by atoms with E-state index in [1.54, 1.807) is 4.90 Å². The first kappa shape index (κ1) is 25.7. The van der Waals surface area contributed by atoms with Crippen molar-refractivity contribution in [3.05, 3.63) is 90.5 Å². The summed E-state index contributed by atoms with van der Waals surface area (Å²) in [6.45, 7) is 0.433. The SMILES string of the molecule is O=C(Nc1ccc(OC(F)(F)Cl)cc1)[C@H]1CC(=O)N(CCc2ccccc2)C(=Nc2ccccc2)S1. The van der Waals surface area contributed by atoms with E-state index < -0.39 is 16.7 Å². The van der Waals surface area contributed by atoms with Gasteiger partial charge in [-0.15, -0.1) is 8.78 Å². The van der Waals surface area contributed by atoms with Crippen molar-refractivity contribution in [1.29, 1.82) is 0 Å². The molecule has 186 valence electrons. The van der Waals surface area contributed by atoms with E-state index in [0.29, 0.717) is 29.5 Å². The number of carbonyl (C=O) groups is 2. The van der Waals surface area contributed by atoms with Gasteiger partial charge < -0.3 is 10.1 Å². The van der Waals surface area contributed by atoms with Crippen LogP contribution in [0.1, 0.15) is 12.0 Å². The Morgan fingerprint density at radius 1 is 1.06 bits per heavy atom. The number of aliphatic imine (C=N–C) groups is 1. The number of alkyl halides is 3. The summed E-state index contributed by atoms with van der Waals surface area (Å²) in [7, 11) is 0. The number of ether oxygens (including phenoxy) is 1. The molecule has 1 aliphatic heterocycles.